The molecule has 1 fully saturated rings. The maximum absolute atomic E-state index is 12.4. The molecule has 23 heavy (non-hydrogen) atoms. The van der Waals surface area contributed by atoms with Crippen LogP contribution in [0.5, 0.6) is 5.75 Å². The highest BCUT2D eigenvalue weighted by atomic mass is 16.5. The number of ether oxygens (including phenoxy) is 1. The molecule has 2 heterocycles. The van der Waals surface area contributed by atoms with E-state index in [1.807, 2.05) is 23.1 Å². The minimum absolute atomic E-state index is 0.216. The zero-order chi connectivity index (χ0) is 16.1. The van der Waals surface area contributed by atoms with Gasteiger partial charge < -0.3 is 9.64 Å². The molecule has 0 aliphatic carbocycles. The van der Waals surface area contributed by atoms with Crippen LogP contribution in [0.4, 0.5) is 0 Å². The largest absolute Gasteiger partial charge is 0.497 e. The van der Waals surface area contributed by atoms with Crippen LogP contribution in [0.1, 0.15) is 36.4 Å². The number of amides is 1. The van der Waals surface area contributed by atoms with Crippen LogP contribution in [-0.2, 0) is 11.3 Å². The van der Waals surface area contributed by atoms with E-state index in [2.05, 4.69) is 29.2 Å². The predicted octanol–water partition coefficient (Wildman–Crippen LogP) is 3.39. The molecule has 4 nitrogen and oxygen atoms in total. The Labute approximate surface area is 137 Å². The van der Waals surface area contributed by atoms with Crippen LogP contribution in [-0.4, -0.2) is 29.4 Å². The standard InChI is InChI=1S/C19H22N2O2/c1-23-18-9-11-20-17(13-18)14-21-12-10-16(7-8-19(21)22)15-5-3-2-4-6-15/h2-6,9,11,13,16H,7-8,10,12,14H2,1H3. The molecule has 1 aromatic carbocycles. The lowest BCUT2D eigenvalue weighted by Gasteiger charge is -2.20. The number of hydrogen-bond acceptors (Lipinski definition) is 3. The zero-order valence-electron chi connectivity index (χ0n) is 13.4. The summed E-state index contributed by atoms with van der Waals surface area (Å²) < 4.78 is 5.23. The first kappa shape index (κ1) is 15.5. The van der Waals surface area contributed by atoms with Gasteiger partial charge in [0, 0.05) is 25.2 Å². The summed E-state index contributed by atoms with van der Waals surface area (Å²) >= 11 is 0. The summed E-state index contributed by atoms with van der Waals surface area (Å²) in [5.41, 5.74) is 2.21. The van der Waals surface area contributed by atoms with E-state index < -0.39 is 0 Å². The van der Waals surface area contributed by atoms with Gasteiger partial charge in [-0.2, -0.15) is 0 Å². The molecule has 1 aliphatic rings. The molecule has 0 saturated carbocycles. The third-order valence-corrected chi connectivity index (χ3v) is 4.45. The molecule has 1 amide bonds. The number of likely N-dealkylation sites (tertiary alicyclic amines) is 1. The highest BCUT2D eigenvalue weighted by Crippen LogP contribution is 2.28. The van der Waals surface area contributed by atoms with Gasteiger partial charge in [0.25, 0.3) is 0 Å². The van der Waals surface area contributed by atoms with Crippen LogP contribution in [0.2, 0.25) is 0 Å². The van der Waals surface area contributed by atoms with Crippen molar-refractivity contribution in [1.82, 2.24) is 9.88 Å². The number of nitrogens with zero attached hydrogens (tertiary/aromatic N) is 2. The fourth-order valence-corrected chi connectivity index (χ4v) is 3.13. The van der Waals surface area contributed by atoms with Gasteiger partial charge >= 0.3 is 0 Å². The van der Waals surface area contributed by atoms with Crippen molar-refractivity contribution in [3.63, 3.8) is 0 Å². The van der Waals surface area contributed by atoms with Gasteiger partial charge in [-0.15, -0.1) is 0 Å². The van der Waals surface area contributed by atoms with Crippen LogP contribution in [0.3, 0.4) is 0 Å². The monoisotopic (exact) mass is 310 g/mol. The summed E-state index contributed by atoms with van der Waals surface area (Å²) in [4.78, 5) is 18.7. The Morgan fingerprint density at radius 3 is 2.83 bits per heavy atom. The topological polar surface area (TPSA) is 42.4 Å². The second-order valence-electron chi connectivity index (χ2n) is 5.94. The number of pyridine rings is 1. The maximum atomic E-state index is 12.4. The first-order valence-corrected chi connectivity index (χ1v) is 8.08. The fraction of sp³-hybridized carbons (Fsp3) is 0.368. The zero-order valence-corrected chi connectivity index (χ0v) is 13.4. The molecule has 1 atom stereocenters. The van der Waals surface area contributed by atoms with Crippen molar-refractivity contribution in [3.8, 4) is 5.75 Å². The van der Waals surface area contributed by atoms with Gasteiger partial charge in [0.1, 0.15) is 5.75 Å². The van der Waals surface area contributed by atoms with Gasteiger partial charge in [-0.05, 0) is 30.4 Å². The number of methoxy groups -OCH3 is 1. The average Bonchev–Trinajstić information content (AvgIpc) is 2.78. The maximum Gasteiger partial charge on any atom is 0.222 e. The second-order valence-corrected chi connectivity index (χ2v) is 5.94. The van der Waals surface area contributed by atoms with Crippen molar-refractivity contribution in [1.29, 1.82) is 0 Å². The molecule has 2 aromatic rings. The summed E-state index contributed by atoms with van der Waals surface area (Å²) in [6.07, 6.45) is 4.25. The van der Waals surface area contributed by atoms with E-state index in [1.54, 1.807) is 13.3 Å². The Kier molecular flexibility index (Phi) is 4.91. The van der Waals surface area contributed by atoms with Crippen molar-refractivity contribution in [2.45, 2.75) is 31.7 Å². The van der Waals surface area contributed by atoms with E-state index in [1.165, 1.54) is 5.56 Å². The molecule has 1 aliphatic heterocycles. The molecular weight excluding hydrogens is 288 g/mol. The number of carbonyl (C=O) groups excluding carboxylic acids is 1. The summed E-state index contributed by atoms with van der Waals surface area (Å²) in [6, 6.07) is 14.2. The molecule has 3 rings (SSSR count). The Morgan fingerprint density at radius 2 is 2.04 bits per heavy atom. The quantitative estimate of drug-likeness (QED) is 0.869. The van der Waals surface area contributed by atoms with E-state index in [0.29, 0.717) is 18.9 Å². The van der Waals surface area contributed by atoms with Crippen LogP contribution in [0.15, 0.2) is 48.7 Å². The summed E-state index contributed by atoms with van der Waals surface area (Å²) in [5.74, 6) is 1.45. The fourth-order valence-electron chi connectivity index (χ4n) is 3.13. The molecule has 0 radical (unpaired) electrons. The lowest BCUT2D eigenvalue weighted by molar-refractivity contribution is -0.131. The van der Waals surface area contributed by atoms with Gasteiger partial charge in [-0.3, -0.25) is 9.78 Å². The Hall–Kier alpha value is -2.36. The van der Waals surface area contributed by atoms with Gasteiger partial charge in [0.05, 0.1) is 19.3 Å². The molecule has 0 N–H and O–H groups in total. The first-order chi connectivity index (χ1) is 11.3. The van der Waals surface area contributed by atoms with Gasteiger partial charge in [0.15, 0.2) is 0 Å². The van der Waals surface area contributed by atoms with Crippen molar-refractivity contribution in [2.24, 2.45) is 0 Å². The third kappa shape index (κ3) is 3.89. The summed E-state index contributed by atoms with van der Waals surface area (Å²) in [5, 5.41) is 0. The van der Waals surface area contributed by atoms with E-state index in [-0.39, 0.29) is 5.91 Å². The summed E-state index contributed by atoms with van der Waals surface area (Å²) in [7, 11) is 1.64. The summed E-state index contributed by atoms with van der Waals surface area (Å²) in [6.45, 7) is 1.33. The predicted molar refractivity (Wildman–Crippen MR) is 89.2 cm³/mol. The molecular formula is C19H22N2O2. The lowest BCUT2D eigenvalue weighted by Crippen LogP contribution is -2.30. The van der Waals surface area contributed by atoms with Crippen molar-refractivity contribution in [3.05, 3.63) is 59.9 Å². The molecule has 4 heteroatoms. The molecule has 1 unspecified atom stereocenters. The second kappa shape index (κ2) is 7.27. The van der Waals surface area contributed by atoms with Gasteiger partial charge in [-0.1, -0.05) is 30.3 Å². The van der Waals surface area contributed by atoms with E-state index in [9.17, 15) is 4.79 Å². The third-order valence-electron chi connectivity index (χ3n) is 4.45. The van der Waals surface area contributed by atoms with E-state index >= 15 is 0 Å². The van der Waals surface area contributed by atoms with Crippen molar-refractivity contribution in [2.75, 3.05) is 13.7 Å². The van der Waals surface area contributed by atoms with Crippen LogP contribution in [0.25, 0.3) is 0 Å². The van der Waals surface area contributed by atoms with Crippen LogP contribution >= 0.6 is 0 Å². The minimum atomic E-state index is 0.216. The van der Waals surface area contributed by atoms with Crippen molar-refractivity contribution >= 4 is 5.91 Å². The Bertz CT molecular complexity index is 657. The normalized spacial score (nSPS) is 18.6. The smallest absolute Gasteiger partial charge is 0.222 e. The number of carbonyl (C=O) groups is 1. The van der Waals surface area contributed by atoms with E-state index in [4.69, 9.17) is 4.74 Å². The Morgan fingerprint density at radius 1 is 1.22 bits per heavy atom. The SMILES string of the molecule is COc1ccnc(CN2CCC(c3ccccc3)CCC2=O)c1. The lowest BCUT2D eigenvalue weighted by atomic mass is 9.92. The number of rotatable bonds is 4. The average molecular weight is 310 g/mol. The molecule has 0 bridgehead atoms. The Balaban J connectivity index is 1.68. The van der Waals surface area contributed by atoms with Crippen LogP contribution in [0, 0.1) is 0 Å². The molecule has 120 valence electrons. The molecule has 0 spiro atoms. The minimum Gasteiger partial charge on any atom is -0.497 e. The number of aromatic nitrogens is 1. The van der Waals surface area contributed by atoms with Crippen molar-refractivity contribution < 1.29 is 9.53 Å². The molecule has 1 aromatic heterocycles. The number of hydrogen-bond donors (Lipinski definition) is 0. The van der Waals surface area contributed by atoms with Gasteiger partial charge in [0.2, 0.25) is 5.91 Å². The highest BCUT2D eigenvalue weighted by molar-refractivity contribution is 5.76. The highest BCUT2D eigenvalue weighted by Gasteiger charge is 2.23. The molecule has 1 saturated heterocycles. The van der Waals surface area contributed by atoms with Gasteiger partial charge in [-0.25, -0.2) is 0 Å². The van der Waals surface area contributed by atoms with E-state index in [0.717, 1.165) is 30.8 Å². The van der Waals surface area contributed by atoms with Crippen LogP contribution < -0.4 is 4.74 Å². The first-order valence-electron chi connectivity index (χ1n) is 8.08. The number of benzene rings is 1.